The maximum absolute atomic E-state index is 11.8. The van der Waals surface area contributed by atoms with E-state index in [-0.39, 0.29) is 16.9 Å². The van der Waals surface area contributed by atoms with Crippen molar-refractivity contribution in [1.82, 2.24) is 20.3 Å². The molecule has 1 heterocycles. The van der Waals surface area contributed by atoms with Gasteiger partial charge in [0, 0.05) is 12.1 Å². The molecule has 0 aliphatic carbocycles. The lowest BCUT2D eigenvalue weighted by Gasteiger charge is -2.24. The second-order valence-corrected chi connectivity index (χ2v) is 9.51. The highest BCUT2D eigenvalue weighted by molar-refractivity contribution is 7.89. The van der Waals surface area contributed by atoms with Crippen molar-refractivity contribution in [2.75, 3.05) is 6.54 Å². The largest absolute Gasteiger partial charge is 0.480 e. The van der Waals surface area contributed by atoms with Crippen LogP contribution in [0.15, 0.2) is 65.7 Å². The molecule has 1 unspecified atom stereocenters. The molecule has 0 amide bonds. The first-order chi connectivity index (χ1) is 15.1. The molecule has 0 fully saturated rings. The van der Waals surface area contributed by atoms with E-state index in [2.05, 4.69) is 15.6 Å². The number of sulfonamides is 1. The van der Waals surface area contributed by atoms with E-state index in [0.717, 1.165) is 5.56 Å². The molecule has 1 aromatic heterocycles. The van der Waals surface area contributed by atoms with Gasteiger partial charge in [0.2, 0.25) is 10.0 Å². The van der Waals surface area contributed by atoms with Crippen LogP contribution in [-0.2, 0) is 21.2 Å². The Balaban J connectivity index is 1.73. The zero-order valence-corrected chi connectivity index (χ0v) is 18.7. The maximum Gasteiger partial charge on any atom is 0.321 e. The molecule has 0 spiro atoms. The van der Waals surface area contributed by atoms with Crippen molar-refractivity contribution in [1.29, 1.82) is 0 Å². The Labute approximate surface area is 187 Å². The summed E-state index contributed by atoms with van der Waals surface area (Å²) in [6, 6.07) is 14.7. The SMILES string of the molecule is CC(C)[C@@H](CNC(Cc1ccccc1)C(=O)O)n1cc(-c2ccc(S(N)(=O)=O)cc2)nn1. The minimum absolute atomic E-state index is 0.0241. The molecule has 3 aromatic rings. The number of nitrogens with zero attached hydrogens (tertiary/aromatic N) is 3. The second kappa shape index (κ2) is 10.0. The summed E-state index contributed by atoms with van der Waals surface area (Å²) in [6.07, 6.45) is 2.14. The first-order valence-corrected chi connectivity index (χ1v) is 11.7. The molecular formula is C22H27N5O4S. The molecule has 3 rings (SSSR count). The quantitative estimate of drug-likeness (QED) is 0.423. The number of benzene rings is 2. The molecule has 9 nitrogen and oxygen atoms in total. The number of aromatic nitrogens is 3. The molecule has 170 valence electrons. The number of nitrogens with one attached hydrogen (secondary N) is 1. The Morgan fingerprint density at radius 3 is 2.34 bits per heavy atom. The van der Waals surface area contributed by atoms with Crippen LogP contribution in [0.5, 0.6) is 0 Å². The predicted octanol–water partition coefficient (Wildman–Crippen LogP) is 2.08. The van der Waals surface area contributed by atoms with E-state index < -0.39 is 22.0 Å². The minimum Gasteiger partial charge on any atom is -0.480 e. The molecule has 0 saturated heterocycles. The first-order valence-electron chi connectivity index (χ1n) is 10.2. The van der Waals surface area contributed by atoms with Gasteiger partial charge >= 0.3 is 5.97 Å². The van der Waals surface area contributed by atoms with E-state index in [4.69, 9.17) is 5.14 Å². The number of carboxylic acids is 1. The van der Waals surface area contributed by atoms with Gasteiger partial charge in [0.25, 0.3) is 0 Å². The Bertz CT molecular complexity index is 1140. The predicted molar refractivity (Wildman–Crippen MR) is 120 cm³/mol. The standard InChI is InChI=1S/C22H27N5O4S/c1-15(2)21(13-24-19(22(28)29)12-16-6-4-3-5-7-16)27-14-20(25-26-27)17-8-10-18(11-9-17)32(23,30)31/h3-11,14-15,19,21,24H,12-13H2,1-2H3,(H,28,29)(H2,23,30,31)/t19?,21-/m1/s1. The van der Waals surface area contributed by atoms with Crippen LogP contribution >= 0.6 is 0 Å². The summed E-state index contributed by atoms with van der Waals surface area (Å²) in [7, 11) is -3.76. The van der Waals surface area contributed by atoms with Crippen molar-refractivity contribution in [2.45, 2.75) is 37.2 Å². The third-order valence-corrected chi connectivity index (χ3v) is 6.18. The third-order valence-electron chi connectivity index (χ3n) is 5.25. The smallest absolute Gasteiger partial charge is 0.321 e. The van der Waals surface area contributed by atoms with Gasteiger partial charge in [-0.1, -0.05) is 61.5 Å². The Morgan fingerprint density at radius 2 is 1.78 bits per heavy atom. The van der Waals surface area contributed by atoms with Gasteiger partial charge < -0.3 is 10.4 Å². The molecule has 0 radical (unpaired) electrons. The molecule has 4 N–H and O–H groups in total. The van der Waals surface area contributed by atoms with Gasteiger partial charge in [0.1, 0.15) is 11.7 Å². The molecule has 10 heteroatoms. The highest BCUT2D eigenvalue weighted by Crippen LogP contribution is 2.22. The number of carboxylic acid groups (broad SMARTS) is 1. The van der Waals surface area contributed by atoms with Crippen molar-refractivity contribution < 1.29 is 18.3 Å². The van der Waals surface area contributed by atoms with Crippen LogP contribution in [0.3, 0.4) is 0 Å². The van der Waals surface area contributed by atoms with E-state index in [1.165, 1.54) is 12.1 Å². The average molecular weight is 458 g/mol. The van der Waals surface area contributed by atoms with Gasteiger partial charge in [-0.3, -0.25) is 4.79 Å². The minimum atomic E-state index is -3.76. The van der Waals surface area contributed by atoms with E-state index in [9.17, 15) is 18.3 Å². The number of nitrogens with two attached hydrogens (primary N) is 1. The fourth-order valence-corrected chi connectivity index (χ4v) is 3.90. The number of hydrogen-bond donors (Lipinski definition) is 3. The molecular weight excluding hydrogens is 430 g/mol. The number of rotatable bonds is 10. The van der Waals surface area contributed by atoms with Crippen molar-refractivity contribution >= 4 is 16.0 Å². The normalized spacial score (nSPS) is 13.8. The molecule has 0 bridgehead atoms. The van der Waals surface area contributed by atoms with E-state index in [0.29, 0.717) is 24.2 Å². The van der Waals surface area contributed by atoms with E-state index >= 15 is 0 Å². The van der Waals surface area contributed by atoms with E-state index in [1.807, 2.05) is 44.2 Å². The first kappa shape index (κ1) is 23.6. The van der Waals surface area contributed by atoms with Gasteiger partial charge in [-0.25, -0.2) is 18.2 Å². The monoisotopic (exact) mass is 457 g/mol. The summed E-state index contributed by atoms with van der Waals surface area (Å²) in [5.74, 6) is -0.751. The Kier molecular flexibility index (Phi) is 7.39. The third kappa shape index (κ3) is 6.00. The van der Waals surface area contributed by atoms with Crippen LogP contribution < -0.4 is 10.5 Å². The lowest BCUT2D eigenvalue weighted by molar-refractivity contribution is -0.139. The highest BCUT2D eigenvalue weighted by Gasteiger charge is 2.23. The van der Waals surface area contributed by atoms with Crippen LogP contribution in [0.1, 0.15) is 25.5 Å². The maximum atomic E-state index is 11.8. The molecule has 0 aliphatic heterocycles. The zero-order chi connectivity index (χ0) is 23.3. The molecule has 2 aromatic carbocycles. The van der Waals surface area contributed by atoms with Crippen molar-refractivity contribution in [3.05, 3.63) is 66.4 Å². The molecule has 0 saturated carbocycles. The summed E-state index contributed by atoms with van der Waals surface area (Å²) >= 11 is 0. The summed E-state index contributed by atoms with van der Waals surface area (Å²) < 4.78 is 24.6. The number of aliphatic carboxylic acids is 1. The van der Waals surface area contributed by atoms with Gasteiger partial charge in [0.15, 0.2) is 0 Å². The Morgan fingerprint density at radius 1 is 1.12 bits per heavy atom. The topological polar surface area (TPSA) is 140 Å². The van der Waals surface area contributed by atoms with Crippen LogP contribution in [-0.4, -0.2) is 47.1 Å². The average Bonchev–Trinajstić information content (AvgIpc) is 3.23. The Hall–Kier alpha value is -3.08. The summed E-state index contributed by atoms with van der Waals surface area (Å²) in [6.45, 7) is 4.46. The van der Waals surface area contributed by atoms with Crippen molar-refractivity contribution in [2.24, 2.45) is 11.1 Å². The van der Waals surface area contributed by atoms with Crippen LogP contribution in [0.25, 0.3) is 11.3 Å². The molecule has 32 heavy (non-hydrogen) atoms. The highest BCUT2D eigenvalue weighted by atomic mass is 32.2. The van der Waals surface area contributed by atoms with Gasteiger partial charge in [-0.15, -0.1) is 5.10 Å². The fourth-order valence-electron chi connectivity index (χ4n) is 3.38. The lowest BCUT2D eigenvalue weighted by atomic mass is 10.0. The van der Waals surface area contributed by atoms with Crippen LogP contribution in [0.2, 0.25) is 0 Å². The van der Waals surface area contributed by atoms with Crippen LogP contribution in [0.4, 0.5) is 0 Å². The summed E-state index contributed by atoms with van der Waals surface area (Å²) in [5.41, 5.74) is 2.22. The van der Waals surface area contributed by atoms with Gasteiger partial charge in [0.05, 0.1) is 17.1 Å². The zero-order valence-electron chi connectivity index (χ0n) is 17.9. The van der Waals surface area contributed by atoms with Crippen molar-refractivity contribution in [3.63, 3.8) is 0 Å². The summed E-state index contributed by atoms with van der Waals surface area (Å²) in [5, 5.41) is 26.4. The molecule has 2 atom stereocenters. The molecule has 0 aliphatic rings. The second-order valence-electron chi connectivity index (χ2n) is 7.95. The van der Waals surface area contributed by atoms with E-state index in [1.54, 1.807) is 23.0 Å². The number of hydrogen-bond acceptors (Lipinski definition) is 6. The summed E-state index contributed by atoms with van der Waals surface area (Å²) in [4.78, 5) is 11.8. The van der Waals surface area contributed by atoms with Crippen molar-refractivity contribution in [3.8, 4) is 11.3 Å². The number of carbonyl (C=O) groups is 1. The fraction of sp³-hybridized carbons (Fsp3) is 0.318. The van der Waals surface area contributed by atoms with Gasteiger partial charge in [-0.05, 0) is 30.0 Å². The number of primary sulfonamides is 1. The lowest BCUT2D eigenvalue weighted by Crippen LogP contribution is -2.42. The van der Waals surface area contributed by atoms with Gasteiger partial charge in [-0.2, -0.15) is 0 Å². The van der Waals surface area contributed by atoms with Crippen LogP contribution in [0, 0.1) is 5.92 Å².